The van der Waals surface area contributed by atoms with Crippen molar-refractivity contribution in [3.63, 3.8) is 0 Å². The summed E-state index contributed by atoms with van der Waals surface area (Å²) in [6.07, 6.45) is 6.44. The lowest BCUT2D eigenvalue weighted by Crippen LogP contribution is -2.44. The van der Waals surface area contributed by atoms with E-state index in [0.29, 0.717) is 32.6 Å². The molecule has 0 aromatic heterocycles. The summed E-state index contributed by atoms with van der Waals surface area (Å²) in [4.78, 5) is 12.0. The number of nitrogens with zero attached hydrogens (tertiary/aromatic N) is 1. The molecule has 1 saturated heterocycles. The summed E-state index contributed by atoms with van der Waals surface area (Å²) in [5.74, 6) is 1.06. The molecule has 4 nitrogen and oxygen atoms in total. The Morgan fingerprint density at radius 1 is 1.39 bits per heavy atom. The van der Waals surface area contributed by atoms with Crippen LogP contribution in [-0.4, -0.2) is 37.7 Å². The van der Waals surface area contributed by atoms with Crippen molar-refractivity contribution in [2.45, 2.75) is 32.1 Å². The SMILES string of the molecule is CSCCCCCNC(=O)C1(C#N)CCOCC1. The van der Waals surface area contributed by atoms with Gasteiger partial charge in [0.2, 0.25) is 5.91 Å². The predicted molar refractivity (Wildman–Crippen MR) is 73.3 cm³/mol. The fourth-order valence-corrected chi connectivity index (χ4v) is 2.52. The second kappa shape index (κ2) is 8.39. The van der Waals surface area contributed by atoms with E-state index in [1.54, 1.807) is 0 Å². The van der Waals surface area contributed by atoms with Crippen LogP contribution in [0, 0.1) is 16.7 Å². The van der Waals surface area contributed by atoms with E-state index >= 15 is 0 Å². The van der Waals surface area contributed by atoms with Gasteiger partial charge in [-0.1, -0.05) is 6.42 Å². The minimum atomic E-state index is -0.850. The first-order chi connectivity index (χ1) is 8.75. The Bertz CT molecular complexity index is 296. The average Bonchev–Trinajstić information content (AvgIpc) is 2.43. The smallest absolute Gasteiger partial charge is 0.240 e. The van der Waals surface area contributed by atoms with Gasteiger partial charge in [-0.25, -0.2) is 0 Å². The maximum atomic E-state index is 12.0. The molecular formula is C13H22N2O2S. The van der Waals surface area contributed by atoms with E-state index in [0.717, 1.165) is 12.8 Å². The van der Waals surface area contributed by atoms with Gasteiger partial charge in [0, 0.05) is 19.8 Å². The molecule has 0 aromatic carbocycles. The van der Waals surface area contributed by atoms with Crippen LogP contribution in [0.2, 0.25) is 0 Å². The molecule has 0 aliphatic carbocycles. The summed E-state index contributed by atoms with van der Waals surface area (Å²) < 4.78 is 5.21. The van der Waals surface area contributed by atoms with Crippen molar-refractivity contribution in [3.05, 3.63) is 0 Å². The second-order valence-electron chi connectivity index (χ2n) is 4.62. The number of hydrogen-bond donors (Lipinski definition) is 1. The van der Waals surface area contributed by atoms with Crippen LogP contribution in [0.5, 0.6) is 0 Å². The molecule has 0 aromatic rings. The zero-order valence-electron chi connectivity index (χ0n) is 11.0. The fraction of sp³-hybridized carbons (Fsp3) is 0.846. The molecule has 1 rings (SSSR count). The van der Waals surface area contributed by atoms with Gasteiger partial charge >= 0.3 is 0 Å². The third-order valence-electron chi connectivity index (χ3n) is 3.31. The topological polar surface area (TPSA) is 62.1 Å². The standard InChI is InChI=1S/C13H22N2O2S/c1-18-10-4-2-3-7-15-12(16)13(11-14)5-8-17-9-6-13/h2-10H2,1H3,(H,15,16). The Morgan fingerprint density at radius 3 is 2.72 bits per heavy atom. The first kappa shape index (κ1) is 15.3. The molecule has 1 N–H and O–H groups in total. The third kappa shape index (κ3) is 4.51. The summed E-state index contributed by atoms with van der Waals surface area (Å²) in [7, 11) is 0. The highest BCUT2D eigenvalue weighted by atomic mass is 32.2. The highest BCUT2D eigenvalue weighted by molar-refractivity contribution is 7.98. The van der Waals surface area contributed by atoms with Gasteiger partial charge in [0.15, 0.2) is 0 Å². The van der Waals surface area contributed by atoms with Gasteiger partial charge in [-0.2, -0.15) is 17.0 Å². The van der Waals surface area contributed by atoms with Crippen LogP contribution in [0.15, 0.2) is 0 Å². The van der Waals surface area contributed by atoms with Gasteiger partial charge in [0.25, 0.3) is 0 Å². The highest BCUT2D eigenvalue weighted by Crippen LogP contribution is 2.29. The van der Waals surface area contributed by atoms with Gasteiger partial charge in [0.1, 0.15) is 5.41 Å². The lowest BCUT2D eigenvalue weighted by atomic mass is 9.81. The summed E-state index contributed by atoms with van der Waals surface area (Å²) in [6.45, 7) is 1.70. The fourth-order valence-electron chi connectivity index (χ4n) is 2.03. The summed E-state index contributed by atoms with van der Waals surface area (Å²) in [6, 6.07) is 2.18. The molecule has 18 heavy (non-hydrogen) atoms. The number of nitriles is 1. The number of rotatable bonds is 7. The van der Waals surface area contributed by atoms with E-state index in [1.807, 2.05) is 11.8 Å². The monoisotopic (exact) mass is 270 g/mol. The lowest BCUT2D eigenvalue weighted by Gasteiger charge is -2.29. The molecule has 0 radical (unpaired) electrons. The van der Waals surface area contributed by atoms with E-state index < -0.39 is 5.41 Å². The molecule has 102 valence electrons. The maximum absolute atomic E-state index is 12.0. The van der Waals surface area contributed by atoms with Gasteiger partial charge in [-0.15, -0.1) is 0 Å². The summed E-state index contributed by atoms with van der Waals surface area (Å²) in [5, 5.41) is 12.1. The van der Waals surface area contributed by atoms with Crippen LogP contribution in [0.1, 0.15) is 32.1 Å². The molecular weight excluding hydrogens is 248 g/mol. The average molecular weight is 270 g/mol. The Morgan fingerprint density at radius 2 is 2.11 bits per heavy atom. The number of amides is 1. The number of thioether (sulfide) groups is 1. The van der Waals surface area contributed by atoms with E-state index in [4.69, 9.17) is 4.74 Å². The zero-order chi connectivity index (χ0) is 13.3. The number of nitrogens with one attached hydrogen (secondary N) is 1. The second-order valence-corrected chi connectivity index (χ2v) is 5.60. The molecule has 0 atom stereocenters. The largest absolute Gasteiger partial charge is 0.381 e. The minimum absolute atomic E-state index is 0.113. The molecule has 1 heterocycles. The molecule has 5 heteroatoms. The van der Waals surface area contributed by atoms with E-state index in [1.165, 1.54) is 12.2 Å². The van der Waals surface area contributed by atoms with Crippen LogP contribution in [0.3, 0.4) is 0 Å². The number of carbonyl (C=O) groups is 1. The van der Waals surface area contributed by atoms with Gasteiger partial charge in [-0.05, 0) is 37.7 Å². The number of ether oxygens (including phenoxy) is 1. The molecule has 1 aliphatic rings. The first-order valence-electron chi connectivity index (χ1n) is 6.51. The summed E-state index contributed by atoms with van der Waals surface area (Å²) >= 11 is 1.85. The highest BCUT2D eigenvalue weighted by Gasteiger charge is 2.40. The van der Waals surface area contributed by atoms with Crippen LogP contribution < -0.4 is 5.32 Å². The van der Waals surface area contributed by atoms with E-state index in [9.17, 15) is 10.1 Å². The van der Waals surface area contributed by atoms with Crippen LogP contribution >= 0.6 is 11.8 Å². The Balaban J connectivity index is 2.24. The molecule has 1 fully saturated rings. The van der Waals surface area contributed by atoms with Gasteiger partial charge in [-0.3, -0.25) is 4.79 Å². The van der Waals surface area contributed by atoms with Crippen molar-refractivity contribution < 1.29 is 9.53 Å². The van der Waals surface area contributed by atoms with Crippen molar-refractivity contribution in [1.29, 1.82) is 5.26 Å². The number of carbonyl (C=O) groups excluding carboxylic acids is 1. The van der Waals surface area contributed by atoms with Crippen molar-refractivity contribution >= 4 is 17.7 Å². The van der Waals surface area contributed by atoms with Crippen molar-refractivity contribution in [3.8, 4) is 6.07 Å². The van der Waals surface area contributed by atoms with Crippen LogP contribution in [0.25, 0.3) is 0 Å². The molecule has 0 spiro atoms. The zero-order valence-corrected chi connectivity index (χ0v) is 11.9. The molecule has 0 bridgehead atoms. The minimum Gasteiger partial charge on any atom is -0.381 e. The molecule has 1 aliphatic heterocycles. The lowest BCUT2D eigenvalue weighted by molar-refractivity contribution is -0.132. The quantitative estimate of drug-likeness (QED) is 0.718. The van der Waals surface area contributed by atoms with Crippen LogP contribution in [-0.2, 0) is 9.53 Å². The molecule has 1 amide bonds. The van der Waals surface area contributed by atoms with Gasteiger partial charge < -0.3 is 10.1 Å². The Kier molecular flexibility index (Phi) is 7.14. The number of hydrogen-bond acceptors (Lipinski definition) is 4. The molecule has 0 unspecified atom stereocenters. The van der Waals surface area contributed by atoms with E-state index in [-0.39, 0.29) is 5.91 Å². The summed E-state index contributed by atoms with van der Waals surface area (Å²) in [5.41, 5.74) is -0.850. The Labute approximate surface area is 113 Å². The van der Waals surface area contributed by atoms with Crippen molar-refractivity contribution in [2.24, 2.45) is 5.41 Å². The first-order valence-corrected chi connectivity index (χ1v) is 7.91. The Hall–Kier alpha value is -0.730. The van der Waals surface area contributed by atoms with Crippen molar-refractivity contribution in [2.75, 3.05) is 31.8 Å². The predicted octanol–water partition coefficient (Wildman–Crippen LogP) is 1.96. The molecule has 0 saturated carbocycles. The maximum Gasteiger partial charge on any atom is 0.240 e. The number of unbranched alkanes of at least 4 members (excludes halogenated alkanes) is 2. The van der Waals surface area contributed by atoms with Gasteiger partial charge in [0.05, 0.1) is 6.07 Å². The van der Waals surface area contributed by atoms with E-state index in [2.05, 4.69) is 17.6 Å². The third-order valence-corrected chi connectivity index (χ3v) is 4.00. The van der Waals surface area contributed by atoms with Crippen molar-refractivity contribution in [1.82, 2.24) is 5.32 Å². The normalized spacial score (nSPS) is 18.0. The van der Waals surface area contributed by atoms with Crippen LogP contribution in [0.4, 0.5) is 0 Å².